The minimum absolute atomic E-state index is 0.130. The summed E-state index contributed by atoms with van der Waals surface area (Å²) in [6.07, 6.45) is 1.55. The molecule has 2 rings (SSSR count). The number of aryl methyl sites for hydroxylation is 1. The van der Waals surface area contributed by atoms with Gasteiger partial charge in [0.1, 0.15) is 5.75 Å². The van der Waals surface area contributed by atoms with Crippen molar-refractivity contribution in [2.24, 2.45) is 0 Å². The Balaban J connectivity index is 1.94. The Morgan fingerprint density at radius 1 is 1.35 bits per heavy atom. The van der Waals surface area contributed by atoms with Gasteiger partial charge in [0.05, 0.1) is 5.02 Å². The van der Waals surface area contributed by atoms with Crippen molar-refractivity contribution < 1.29 is 9.53 Å². The first-order chi connectivity index (χ1) is 9.56. The third kappa shape index (κ3) is 3.85. The van der Waals surface area contributed by atoms with Crippen molar-refractivity contribution in [1.29, 1.82) is 0 Å². The fraction of sp³-hybridized carbons (Fsp3) is 0.143. The summed E-state index contributed by atoms with van der Waals surface area (Å²) in [6, 6.07) is 8.53. The molecule has 0 aliphatic carbocycles. The predicted octanol–water partition coefficient (Wildman–Crippen LogP) is 3.71. The number of carbonyl (C=O) groups is 1. The quantitative estimate of drug-likeness (QED) is 0.936. The normalized spacial score (nSPS) is 10.2. The first-order valence-electron chi connectivity index (χ1n) is 5.85. The largest absolute Gasteiger partial charge is 0.483 e. The molecule has 0 aliphatic heterocycles. The molecule has 1 aromatic carbocycles. The highest BCUT2D eigenvalue weighted by atomic mass is 35.5. The summed E-state index contributed by atoms with van der Waals surface area (Å²) in [5.41, 5.74) is 0.862. The van der Waals surface area contributed by atoms with Gasteiger partial charge in [0, 0.05) is 11.2 Å². The van der Waals surface area contributed by atoms with Crippen molar-refractivity contribution in [3.8, 4) is 5.75 Å². The summed E-state index contributed by atoms with van der Waals surface area (Å²) in [5.74, 6) is 0.590. The van der Waals surface area contributed by atoms with Gasteiger partial charge in [0.2, 0.25) is 0 Å². The van der Waals surface area contributed by atoms with Gasteiger partial charge in [0.15, 0.2) is 12.4 Å². The van der Waals surface area contributed by atoms with Crippen molar-refractivity contribution in [1.82, 2.24) is 4.98 Å². The van der Waals surface area contributed by atoms with Crippen molar-refractivity contribution >= 4 is 34.9 Å². The summed E-state index contributed by atoms with van der Waals surface area (Å²) >= 11 is 11.7. The second kappa shape index (κ2) is 6.59. The number of ether oxygens (including phenoxy) is 1. The summed E-state index contributed by atoms with van der Waals surface area (Å²) < 4.78 is 5.42. The lowest BCUT2D eigenvalue weighted by Crippen LogP contribution is -2.21. The molecule has 0 fully saturated rings. The second-order valence-electron chi connectivity index (χ2n) is 4.08. The van der Waals surface area contributed by atoms with E-state index < -0.39 is 0 Å². The maximum atomic E-state index is 11.8. The van der Waals surface area contributed by atoms with E-state index in [9.17, 15) is 4.79 Å². The van der Waals surface area contributed by atoms with E-state index in [1.54, 1.807) is 36.5 Å². The third-order valence-electron chi connectivity index (χ3n) is 2.51. The molecule has 0 radical (unpaired) electrons. The Bertz CT molecular complexity index is 632. The predicted molar refractivity (Wildman–Crippen MR) is 79.6 cm³/mol. The van der Waals surface area contributed by atoms with Gasteiger partial charge < -0.3 is 10.1 Å². The number of carbonyl (C=O) groups excluding carboxylic acids is 1. The van der Waals surface area contributed by atoms with Crippen molar-refractivity contribution in [2.45, 2.75) is 6.92 Å². The van der Waals surface area contributed by atoms with Crippen LogP contribution in [0.25, 0.3) is 0 Å². The van der Waals surface area contributed by atoms with Crippen molar-refractivity contribution in [3.63, 3.8) is 0 Å². The van der Waals surface area contributed by atoms with Crippen LogP contribution in [0.5, 0.6) is 5.75 Å². The van der Waals surface area contributed by atoms with E-state index in [2.05, 4.69) is 10.3 Å². The highest BCUT2D eigenvalue weighted by molar-refractivity contribution is 6.33. The van der Waals surface area contributed by atoms with Crippen LogP contribution < -0.4 is 10.1 Å². The van der Waals surface area contributed by atoms with Crippen LogP contribution in [0.4, 0.5) is 5.82 Å². The standard InChI is InChI=1S/C14H12Cl2N2O2/c1-9-7-10(15)4-5-12(9)20-8-13(19)18-14-11(16)3-2-6-17-14/h2-7H,8H2,1H3,(H,17,18,19). The second-order valence-corrected chi connectivity index (χ2v) is 4.92. The highest BCUT2D eigenvalue weighted by Crippen LogP contribution is 2.22. The summed E-state index contributed by atoms with van der Waals surface area (Å²) in [5, 5.41) is 3.58. The number of hydrogen-bond acceptors (Lipinski definition) is 3. The molecular weight excluding hydrogens is 299 g/mol. The minimum Gasteiger partial charge on any atom is -0.483 e. The number of pyridine rings is 1. The average molecular weight is 311 g/mol. The molecule has 0 aliphatic rings. The molecule has 1 N–H and O–H groups in total. The molecule has 4 nitrogen and oxygen atoms in total. The highest BCUT2D eigenvalue weighted by Gasteiger charge is 2.08. The molecule has 6 heteroatoms. The zero-order chi connectivity index (χ0) is 14.5. The molecule has 0 bridgehead atoms. The molecule has 20 heavy (non-hydrogen) atoms. The van der Waals surface area contributed by atoms with Gasteiger partial charge >= 0.3 is 0 Å². The van der Waals surface area contributed by atoms with Crippen LogP contribution in [0.15, 0.2) is 36.5 Å². The Hall–Kier alpha value is -1.78. The van der Waals surface area contributed by atoms with Gasteiger partial charge in [-0.2, -0.15) is 0 Å². The molecule has 0 saturated heterocycles. The van der Waals surface area contributed by atoms with Crippen LogP contribution >= 0.6 is 23.2 Å². The van der Waals surface area contributed by atoms with Gasteiger partial charge in [-0.25, -0.2) is 4.98 Å². The smallest absolute Gasteiger partial charge is 0.263 e. The minimum atomic E-state index is -0.333. The number of rotatable bonds is 4. The molecule has 104 valence electrons. The van der Waals surface area contributed by atoms with E-state index in [0.29, 0.717) is 21.6 Å². The Labute approximate surface area is 126 Å². The molecule has 2 aromatic rings. The molecule has 0 spiro atoms. The van der Waals surface area contributed by atoms with Crippen LogP contribution in [0.3, 0.4) is 0 Å². The fourth-order valence-electron chi connectivity index (χ4n) is 1.56. The first-order valence-corrected chi connectivity index (χ1v) is 6.61. The van der Waals surface area contributed by atoms with Crippen molar-refractivity contribution in [2.75, 3.05) is 11.9 Å². The number of halogens is 2. The van der Waals surface area contributed by atoms with Crippen LogP contribution in [-0.2, 0) is 4.79 Å². The molecule has 1 aromatic heterocycles. The maximum absolute atomic E-state index is 11.8. The van der Waals surface area contributed by atoms with Gasteiger partial charge in [-0.15, -0.1) is 0 Å². The number of anilines is 1. The molecule has 0 unspecified atom stereocenters. The van der Waals surface area contributed by atoms with Gasteiger partial charge in [-0.1, -0.05) is 23.2 Å². The van der Waals surface area contributed by atoms with Crippen LogP contribution in [0.1, 0.15) is 5.56 Å². The number of hydrogen-bond donors (Lipinski definition) is 1. The molecule has 1 heterocycles. The number of amides is 1. The van der Waals surface area contributed by atoms with Crippen LogP contribution in [-0.4, -0.2) is 17.5 Å². The lowest BCUT2D eigenvalue weighted by atomic mass is 10.2. The SMILES string of the molecule is Cc1cc(Cl)ccc1OCC(=O)Nc1ncccc1Cl. The molecule has 1 amide bonds. The Morgan fingerprint density at radius 3 is 2.85 bits per heavy atom. The van der Waals surface area contributed by atoms with Crippen LogP contribution in [0.2, 0.25) is 10.0 Å². The number of benzene rings is 1. The van der Waals surface area contributed by atoms with Gasteiger partial charge in [0.25, 0.3) is 5.91 Å². The van der Waals surface area contributed by atoms with E-state index in [-0.39, 0.29) is 12.5 Å². The van der Waals surface area contributed by atoms with E-state index in [1.807, 2.05) is 6.92 Å². The number of aromatic nitrogens is 1. The fourth-order valence-corrected chi connectivity index (χ4v) is 1.96. The lowest BCUT2D eigenvalue weighted by molar-refractivity contribution is -0.118. The molecule has 0 atom stereocenters. The van der Waals surface area contributed by atoms with Gasteiger partial charge in [-0.3, -0.25) is 4.79 Å². The Morgan fingerprint density at radius 2 is 2.15 bits per heavy atom. The number of nitrogens with zero attached hydrogens (tertiary/aromatic N) is 1. The third-order valence-corrected chi connectivity index (χ3v) is 3.05. The zero-order valence-corrected chi connectivity index (χ0v) is 12.2. The van der Waals surface area contributed by atoms with Crippen LogP contribution in [0, 0.1) is 6.92 Å². The first kappa shape index (κ1) is 14.6. The van der Waals surface area contributed by atoms with E-state index in [4.69, 9.17) is 27.9 Å². The maximum Gasteiger partial charge on any atom is 0.263 e. The lowest BCUT2D eigenvalue weighted by Gasteiger charge is -2.10. The number of nitrogens with one attached hydrogen (secondary N) is 1. The summed E-state index contributed by atoms with van der Waals surface area (Å²) in [6.45, 7) is 1.73. The average Bonchev–Trinajstić information content (AvgIpc) is 2.40. The monoisotopic (exact) mass is 310 g/mol. The summed E-state index contributed by atoms with van der Waals surface area (Å²) in [4.78, 5) is 15.7. The van der Waals surface area contributed by atoms with Gasteiger partial charge in [-0.05, 0) is 42.8 Å². The molecule has 0 saturated carbocycles. The molecular formula is C14H12Cl2N2O2. The van der Waals surface area contributed by atoms with E-state index >= 15 is 0 Å². The van der Waals surface area contributed by atoms with E-state index in [1.165, 1.54) is 0 Å². The summed E-state index contributed by atoms with van der Waals surface area (Å²) in [7, 11) is 0. The van der Waals surface area contributed by atoms with E-state index in [0.717, 1.165) is 5.56 Å². The topological polar surface area (TPSA) is 51.2 Å². The Kier molecular flexibility index (Phi) is 4.82. The zero-order valence-electron chi connectivity index (χ0n) is 10.7. The van der Waals surface area contributed by atoms with Crippen molar-refractivity contribution in [3.05, 3.63) is 52.1 Å².